The minimum Gasteiger partial charge on any atom is -0.450 e. The van der Waals surface area contributed by atoms with E-state index in [4.69, 9.17) is 16.3 Å². The summed E-state index contributed by atoms with van der Waals surface area (Å²) < 4.78 is 4.91. The first-order valence-electron chi connectivity index (χ1n) is 5.90. The molecule has 6 heteroatoms. The lowest BCUT2D eigenvalue weighted by atomic mass is 10.1. The van der Waals surface area contributed by atoms with E-state index in [0.29, 0.717) is 19.7 Å². The molecule has 0 aliphatic carbocycles. The van der Waals surface area contributed by atoms with E-state index in [2.05, 4.69) is 5.32 Å². The van der Waals surface area contributed by atoms with E-state index in [9.17, 15) is 9.59 Å². The topological polar surface area (TPSA) is 58.6 Å². The van der Waals surface area contributed by atoms with E-state index in [-0.39, 0.29) is 18.0 Å². The van der Waals surface area contributed by atoms with Crippen molar-refractivity contribution in [2.24, 2.45) is 0 Å². The quantitative estimate of drug-likeness (QED) is 0.781. The van der Waals surface area contributed by atoms with Crippen molar-refractivity contribution in [3.05, 3.63) is 0 Å². The van der Waals surface area contributed by atoms with Gasteiger partial charge in [-0.3, -0.25) is 4.79 Å². The third-order valence-corrected chi connectivity index (χ3v) is 2.93. The summed E-state index contributed by atoms with van der Waals surface area (Å²) >= 11 is 5.67. The van der Waals surface area contributed by atoms with Crippen LogP contribution in [0.25, 0.3) is 0 Å². The fraction of sp³-hybridized carbons (Fsp3) is 0.818. The number of carbonyl (C=O) groups excluding carboxylic acids is 2. The third-order valence-electron chi connectivity index (χ3n) is 2.73. The summed E-state index contributed by atoms with van der Waals surface area (Å²) in [7, 11) is 0. The smallest absolute Gasteiger partial charge is 0.409 e. The third kappa shape index (κ3) is 4.42. The average molecular weight is 263 g/mol. The van der Waals surface area contributed by atoms with Crippen LogP contribution in [0.15, 0.2) is 0 Å². The molecule has 0 aromatic carbocycles. The van der Waals surface area contributed by atoms with Crippen LogP contribution in [0.1, 0.15) is 26.7 Å². The molecule has 0 saturated carbocycles. The van der Waals surface area contributed by atoms with Gasteiger partial charge < -0.3 is 15.0 Å². The molecule has 0 unspecified atom stereocenters. The predicted octanol–water partition coefficient (Wildman–Crippen LogP) is 1.35. The fourth-order valence-electron chi connectivity index (χ4n) is 1.74. The van der Waals surface area contributed by atoms with Crippen molar-refractivity contribution in [3.8, 4) is 0 Å². The summed E-state index contributed by atoms with van der Waals surface area (Å²) in [5.74, 6) is -0.152. The first kappa shape index (κ1) is 14.1. The lowest BCUT2D eigenvalue weighted by Crippen LogP contribution is -2.47. The molecule has 0 aromatic heterocycles. The highest BCUT2D eigenvalue weighted by Crippen LogP contribution is 2.12. The number of hydrogen-bond acceptors (Lipinski definition) is 3. The highest BCUT2D eigenvalue weighted by molar-refractivity contribution is 6.30. The number of carbonyl (C=O) groups is 2. The van der Waals surface area contributed by atoms with Crippen molar-refractivity contribution >= 4 is 23.6 Å². The molecule has 1 atom stereocenters. The zero-order valence-corrected chi connectivity index (χ0v) is 11.0. The Morgan fingerprint density at radius 1 is 1.47 bits per heavy atom. The van der Waals surface area contributed by atoms with E-state index in [1.165, 1.54) is 0 Å². The molecule has 0 bridgehead atoms. The number of ether oxygens (including phenoxy) is 1. The van der Waals surface area contributed by atoms with Crippen LogP contribution in [-0.2, 0) is 9.53 Å². The average Bonchev–Trinajstić information content (AvgIpc) is 2.30. The van der Waals surface area contributed by atoms with Crippen LogP contribution in [-0.4, -0.2) is 48.0 Å². The second-order valence-corrected chi connectivity index (χ2v) is 4.74. The largest absolute Gasteiger partial charge is 0.450 e. The SMILES string of the molecule is CCOC(=O)N1CCC(NC(=O)[C@H](C)Cl)CC1. The van der Waals surface area contributed by atoms with Crippen LogP contribution in [0.4, 0.5) is 4.79 Å². The Morgan fingerprint density at radius 3 is 2.53 bits per heavy atom. The number of amides is 2. The van der Waals surface area contributed by atoms with Crippen molar-refractivity contribution in [2.45, 2.75) is 38.1 Å². The summed E-state index contributed by atoms with van der Waals surface area (Å²) in [6.45, 7) is 5.04. The van der Waals surface area contributed by atoms with Gasteiger partial charge in [0.15, 0.2) is 0 Å². The molecule has 98 valence electrons. The van der Waals surface area contributed by atoms with Crippen LogP contribution in [0.3, 0.4) is 0 Å². The second-order valence-electron chi connectivity index (χ2n) is 4.08. The zero-order chi connectivity index (χ0) is 12.8. The van der Waals surface area contributed by atoms with Crippen molar-refractivity contribution < 1.29 is 14.3 Å². The number of likely N-dealkylation sites (tertiary alicyclic amines) is 1. The lowest BCUT2D eigenvalue weighted by Gasteiger charge is -2.31. The summed E-state index contributed by atoms with van der Waals surface area (Å²) in [6.07, 6.45) is 1.21. The fourth-order valence-corrected chi connectivity index (χ4v) is 1.80. The Balaban J connectivity index is 2.31. The van der Waals surface area contributed by atoms with Crippen molar-refractivity contribution in [1.82, 2.24) is 10.2 Å². The molecule has 2 amide bonds. The Bertz CT molecular complexity index is 276. The summed E-state index contributed by atoms with van der Waals surface area (Å²) in [5, 5.41) is 2.34. The molecule has 0 spiro atoms. The molecule has 17 heavy (non-hydrogen) atoms. The molecule has 1 heterocycles. The number of nitrogens with zero attached hydrogens (tertiary/aromatic N) is 1. The zero-order valence-electron chi connectivity index (χ0n) is 10.2. The summed E-state index contributed by atoms with van der Waals surface area (Å²) in [5.41, 5.74) is 0. The standard InChI is InChI=1S/C11H19ClN2O3/c1-3-17-11(16)14-6-4-9(5-7-14)13-10(15)8(2)12/h8-9H,3-7H2,1-2H3,(H,13,15)/t8-/m0/s1. The number of piperidine rings is 1. The monoisotopic (exact) mass is 262 g/mol. The Labute approximate surface area is 106 Å². The summed E-state index contributed by atoms with van der Waals surface area (Å²) in [6, 6.07) is 0.106. The Kier molecular flexibility index (Phi) is 5.55. The van der Waals surface area contributed by atoms with Crippen LogP contribution in [0.2, 0.25) is 0 Å². The molecule has 0 radical (unpaired) electrons. The van der Waals surface area contributed by atoms with Crippen LogP contribution in [0, 0.1) is 0 Å². The molecule has 1 aliphatic rings. The van der Waals surface area contributed by atoms with E-state index in [1.807, 2.05) is 0 Å². The second kappa shape index (κ2) is 6.69. The molecule has 1 rings (SSSR count). The highest BCUT2D eigenvalue weighted by Gasteiger charge is 2.25. The van der Waals surface area contributed by atoms with Crippen molar-refractivity contribution in [2.75, 3.05) is 19.7 Å². The number of alkyl halides is 1. The maximum Gasteiger partial charge on any atom is 0.409 e. The van der Waals surface area contributed by atoms with Gasteiger partial charge in [-0.1, -0.05) is 0 Å². The van der Waals surface area contributed by atoms with Gasteiger partial charge in [-0.25, -0.2) is 4.79 Å². The van der Waals surface area contributed by atoms with Gasteiger partial charge in [-0.05, 0) is 26.7 Å². The van der Waals surface area contributed by atoms with Crippen LogP contribution >= 0.6 is 11.6 Å². The number of rotatable bonds is 3. The van der Waals surface area contributed by atoms with Gasteiger partial charge in [0.05, 0.1) is 6.61 Å². The van der Waals surface area contributed by atoms with E-state index >= 15 is 0 Å². The molecule has 1 fully saturated rings. The van der Waals surface area contributed by atoms with Gasteiger partial charge in [-0.2, -0.15) is 0 Å². The highest BCUT2D eigenvalue weighted by atomic mass is 35.5. The minimum atomic E-state index is -0.516. The molecule has 0 aromatic rings. The van der Waals surface area contributed by atoms with Gasteiger partial charge in [0.2, 0.25) is 5.91 Å². The minimum absolute atomic E-state index is 0.106. The van der Waals surface area contributed by atoms with Crippen LogP contribution < -0.4 is 5.32 Å². The molecule has 1 aliphatic heterocycles. The van der Waals surface area contributed by atoms with E-state index < -0.39 is 5.38 Å². The molecule has 5 nitrogen and oxygen atoms in total. The maximum absolute atomic E-state index is 11.4. The lowest BCUT2D eigenvalue weighted by molar-refractivity contribution is -0.121. The first-order valence-corrected chi connectivity index (χ1v) is 6.34. The first-order chi connectivity index (χ1) is 8.04. The van der Waals surface area contributed by atoms with E-state index in [0.717, 1.165) is 12.8 Å². The van der Waals surface area contributed by atoms with Gasteiger partial charge in [0.1, 0.15) is 5.38 Å². The molecule has 1 saturated heterocycles. The summed E-state index contributed by atoms with van der Waals surface area (Å²) in [4.78, 5) is 24.5. The number of hydrogen-bond donors (Lipinski definition) is 1. The number of halogens is 1. The van der Waals surface area contributed by atoms with Gasteiger partial charge >= 0.3 is 6.09 Å². The van der Waals surface area contributed by atoms with E-state index in [1.54, 1.807) is 18.7 Å². The maximum atomic E-state index is 11.4. The van der Waals surface area contributed by atoms with Crippen molar-refractivity contribution in [3.63, 3.8) is 0 Å². The molecular weight excluding hydrogens is 244 g/mol. The molecular formula is C11H19ClN2O3. The molecule has 1 N–H and O–H groups in total. The normalized spacial score (nSPS) is 18.6. The Hall–Kier alpha value is -0.970. The number of nitrogens with one attached hydrogen (secondary N) is 1. The van der Waals surface area contributed by atoms with Gasteiger partial charge in [-0.15, -0.1) is 11.6 Å². The van der Waals surface area contributed by atoms with Crippen molar-refractivity contribution in [1.29, 1.82) is 0 Å². The van der Waals surface area contributed by atoms with Gasteiger partial charge in [0, 0.05) is 19.1 Å². The van der Waals surface area contributed by atoms with Gasteiger partial charge in [0.25, 0.3) is 0 Å². The Morgan fingerprint density at radius 2 is 2.06 bits per heavy atom. The predicted molar refractivity (Wildman–Crippen MR) is 65.1 cm³/mol. The van der Waals surface area contributed by atoms with Crippen LogP contribution in [0.5, 0.6) is 0 Å².